The van der Waals surface area contributed by atoms with Crippen molar-refractivity contribution in [3.8, 4) is 0 Å². The molecule has 17 heavy (non-hydrogen) atoms. The van der Waals surface area contributed by atoms with Crippen LogP contribution in [-0.4, -0.2) is 19.4 Å². The van der Waals surface area contributed by atoms with Gasteiger partial charge in [0.15, 0.2) is 11.6 Å². The zero-order valence-electron chi connectivity index (χ0n) is 11.9. The maximum Gasteiger partial charge on any atom is 0.163 e. The van der Waals surface area contributed by atoms with E-state index in [1.165, 1.54) is 0 Å². The Kier molecular flexibility index (Phi) is 4.70. The molecule has 0 rings (SSSR count). The van der Waals surface area contributed by atoms with Crippen molar-refractivity contribution in [1.82, 2.24) is 0 Å². The predicted molar refractivity (Wildman–Crippen MR) is 75.0 cm³/mol. The van der Waals surface area contributed by atoms with Gasteiger partial charge >= 0.3 is 0 Å². The highest BCUT2D eigenvalue weighted by atomic mass is 16.1. The standard InChI is InChI=1S/C14H23BO2/c1-9(2)11(16)13(5,6)8-14(7,15)12(17)10(3)4/h1,3,8,15H2,2,4-7H3. The van der Waals surface area contributed by atoms with Crippen LogP contribution >= 0.6 is 0 Å². The van der Waals surface area contributed by atoms with Gasteiger partial charge in [0.05, 0.1) is 0 Å². The first-order chi connectivity index (χ1) is 7.42. The highest BCUT2D eigenvalue weighted by Gasteiger charge is 2.38. The Balaban J connectivity index is 5.06. The molecule has 1 atom stereocenters. The lowest BCUT2D eigenvalue weighted by molar-refractivity contribution is -0.125. The molecule has 94 valence electrons. The lowest BCUT2D eigenvalue weighted by Gasteiger charge is -2.33. The molecule has 0 saturated carbocycles. The molecule has 0 heterocycles. The van der Waals surface area contributed by atoms with Crippen LogP contribution in [-0.2, 0) is 9.59 Å². The zero-order valence-corrected chi connectivity index (χ0v) is 11.9. The summed E-state index contributed by atoms with van der Waals surface area (Å²) in [4.78, 5) is 24.0. The molecule has 0 aliphatic heterocycles. The number of Topliss-reactive ketones (excluding diaryl/α,β-unsaturated/α-hetero) is 2. The van der Waals surface area contributed by atoms with Crippen molar-refractivity contribution in [2.75, 3.05) is 0 Å². The van der Waals surface area contributed by atoms with E-state index in [1.54, 1.807) is 13.8 Å². The molecular formula is C14H23BO2. The molecule has 0 spiro atoms. The molecule has 2 nitrogen and oxygen atoms in total. The maximum absolute atomic E-state index is 12.0. The van der Waals surface area contributed by atoms with Gasteiger partial charge in [-0.2, -0.15) is 0 Å². The lowest BCUT2D eigenvalue weighted by atomic mass is 9.58. The summed E-state index contributed by atoms with van der Waals surface area (Å²) in [5, 5.41) is -0.569. The van der Waals surface area contributed by atoms with Crippen LogP contribution in [0.1, 0.15) is 41.0 Å². The van der Waals surface area contributed by atoms with E-state index >= 15 is 0 Å². The minimum absolute atomic E-state index is 0.0140. The lowest BCUT2D eigenvalue weighted by Crippen LogP contribution is -2.33. The third-order valence-electron chi connectivity index (χ3n) is 2.89. The van der Waals surface area contributed by atoms with Gasteiger partial charge in [-0.1, -0.05) is 33.9 Å². The van der Waals surface area contributed by atoms with E-state index in [0.29, 0.717) is 17.6 Å². The van der Waals surface area contributed by atoms with Gasteiger partial charge < -0.3 is 0 Å². The smallest absolute Gasteiger partial charge is 0.163 e. The molecule has 1 unspecified atom stereocenters. The summed E-state index contributed by atoms with van der Waals surface area (Å²) in [7, 11) is 1.86. The second-order valence-corrected chi connectivity index (χ2v) is 6.16. The quantitative estimate of drug-likeness (QED) is 0.522. The first-order valence-electron chi connectivity index (χ1n) is 5.82. The second-order valence-electron chi connectivity index (χ2n) is 6.16. The molecule has 3 heteroatoms. The number of allylic oxidation sites excluding steroid dienone is 2. The number of ketones is 2. The first kappa shape index (κ1) is 15.9. The average molecular weight is 234 g/mol. The van der Waals surface area contributed by atoms with E-state index in [2.05, 4.69) is 13.2 Å². The Bertz CT molecular complexity index is 340. The molecular weight excluding hydrogens is 211 g/mol. The normalized spacial score (nSPS) is 14.9. The van der Waals surface area contributed by atoms with Crippen molar-refractivity contribution < 1.29 is 9.59 Å². The van der Waals surface area contributed by atoms with Crippen LogP contribution in [0.4, 0.5) is 0 Å². The highest BCUT2D eigenvalue weighted by Crippen LogP contribution is 2.40. The summed E-state index contributed by atoms with van der Waals surface area (Å²) in [6.07, 6.45) is 0.497. The molecule has 0 radical (unpaired) electrons. The number of hydrogen-bond acceptors (Lipinski definition) is 2. The Morgan fingerprint density at radius 1 is 1.00 bits per heavy atom. The average Bonchev–Trinajstić information content (AvgIpc) is 2.13. The van der Waals surface area contributed by atoms with Crippen LogP contribution in [0.2, 0.25) is 5.31 Å². The van der Waals surface area contributed by atoms with Crippen LogP contribution in [0.15, 0.2) is 24.3 Å². The minimum Gasteiger partial charge on any atom is -0.295 e. The summed E-state index contributed by atoms with van der Waals surface area (Å²) in [5.74, 6) is 0.0279. The Morgan fingerprint density at radius 3 is 1.65 bits per heavy atom. The van der Waals surface area contributed by atoms with Crippen LogP contribution in [0.25, 0.3) is 0 Å². The zero-order chi connectivity index (χ0) is 14.0. The summed E-state index contributed by atoms with van der Waals surface area (Å²) in [6.45, 7) is 16.3. The van der Waals surface area contributed by atoms with E-state index in [-0.39, 0.29) is 11.6 Å². The van der Waals surface area contributed by atoms with Gasteiger partial charge in [0.2, 0.25) is 0 Å². The monoisotopic (exact) mass is 234 g/mol. The van der Waals surface area contributed by atoms with E-state index in [0.717, 1.165) is 0 Å². The Hall–Kier alpha value is -1.12. The molecule has 0 aromatic carbocycles. The van der Waals surface area contributed by atoms with Gasteiger partial charge in [0, 0.05) is 10.7 Å². The molecule has 0 fully saturated rings. The van der Waals surface area contributed by atoms with Crippen LogP contribution < -0.4 is 0 Å². The molecule has 0 aliphatic carbocycles. The van der Waals surface area contributed by atoms with Crippen molar-refractivity contribution in [3.63, 3.8) is 0 Å². The topological polar surface area (TPSA) is 34.1 Å². The largest absolute Gasteiger partial charge is 0.295 e. The predicted octanol–water partition coefficient (Wildman–Crippen LogP) is 2.50. The third-order valence-corrected chi connectivity index (χ3v) is 2.89. The second kappa shape index (κ2) is 5.03. The number of carbonyl (C=O) groups excluding carboxylic acids is 2. The molecule has 0 aromatic rings. The van der Waals surface area contributed by atoms with Crippen molar-refractivity contribution in [2.24, 2.45) is 5.41 Å². The van der Waals surface area contributed by atoms with Crippen molar-refractivity contribution >= 4 is 19.4 Å². The van der Waals surface area contributed by atoms with Gasteiger partial charge in [-0.3, -0.25) is 9.59 Å². The van der Waals surface area contributed by atoms with Crippen molar-refractivity contribution in [3.05, 3.63) is 24.3 Å². The Labute approximate surface area is 106 Å². The summed E-state index contributed by atoms with van der Waals surface area (Å²) in [6, 6.07) is 0. The first-order valence-corrected chi connectivity index (χ1v) is 5.82. The molecule has 0 saturated heterocycles. The van der Waals surface area contributed by atoms with Gasteiger partial charge in [-0.15, -0.1) is 0 Å². The molecule has 0 bridgehead atoms. The van der Waals surface area contributed by atoms with Crippen molar-refractivity contribution in [2.45, 2.75) is 46.4 Å². The van der Waals surface area contributed by atoms with Gasteiger partial charge in [-0.05, 0) is 31.4 Å². The van der Waals surface area contributed by atoms with Crippen molar-refractivity contribution in [1.29, 1.82) is 0 Å². The number of hydrogen-bond donors (Lipinski definition) is 0. The fraction of sp³-hybridized carbons (Fsp3) is 0.571. The van der Waals surface area contributed by atoms with Gasteiger partial charge in [0.25, 0.3) is 0 Å². The third kappa shape index (κ3) is 3.99. The SMILES string of the molecule is BC(C)(CC(C)(C)C(=O)C(=C)C)C(=O)C(=C)C. The van der Waals surface area contributed by atoms with E-state index in [1.807, 2.05) is 28.6 Å². The molecule has 0 aromatic heterocycles. The molecule has 0 aliphatic rings. The summed E-state index contributed by atoms with van der Waals surface area (Å²) < 4.78 is 0. The molecule has 0 amide bonds. The summed E-state index contributed by atoms with van der Waals surface area (Å²) >= 11 is 0. The van der Waals surface area contributed by atoms with E-state index < -0.39 is 10.7 Å². The fourth-order valence-corrected chi connectivity index (χ4v) is 2.42. The minimum atomic E-state index is -0.569. The van der Waals surface area contributed by atoms with E-state index in [9.17, 15) is 9.59 Å². The maximum atomic E-state index is 12.0. The number of carbonyl (C=O) groups is 2. The van der Waals surface area contributed by atoms with Crippen LogP contribution in [0.3, 0.4) is 0 Å². The van der Waals surface area contributed by atoms with Gasteiger partial charge in [0.1, 0.15) is 7.85 Å². The van der Waals surface area contributed by atoms with Crippen LogP contribution in [0.5, 0.6) is 0 Å². The number of rotatable bonds is 6. The Morgan fingerprint density at radius 2 is 1.35 bits per heavy atom. The van der Waals surface area contributed by atoms with Gasteiger partial charge in [-0.25, -0.2) is 0 Å². The molecule has 0 N–H and O–H groups in total. The highest BCUT2D eigenvalue weighted by molar-refractivity contribution is 6.31. The van der Waals surface area contributed by atoms with E-state index in [4.69, 9.17) is 0 Å². The summed E-state index contributed by atoms with van der Waals surface area (Å²) in [5.41, 5.74) is 0.502. The van der Waals surface area contributed by atoms with Crippen LogP contribution in [0, 0.1) is 5.41 Å². The fourth-order valence-electron chi connectivity index (χ4n) is 2.42.